The SMILES string of the molecule is Cc1noc([C@@H](C)NC(=O)CCc2ccc3c(c2)OCO3)n1. The average molecular weight is 303 g/mol. The number of aryl methyl sites for hydroxylation is 2. The Labute approximate surface area is 127 Å². The zero-order valence-electron chi connectivity index (χ0n) is 12.5. The van der Waals surface area contributed by atoms with Crippen molar-refractivity contribution in [3.8, 4) is 11.5 Å². The standard InChI is InChI=1S/C15H17N3O4/c1-9(15-17-10(2)18-22-15)16-14(19)6-4-11-3-5-12-13(7-11)21-8-20-12/h3,5,7,9H,4,6,8H2,1-2H3,(H,16,19)/t9-/m1/s1. The van der Waals surface area contributed by atoms with E-state index in [4.69, 9.17) is 14.0 Å². The van der Waals surface area contributed by atoms with E-state index >= 15 is 0 Å². The number of rotatable bonds is 5. The summed E-state index contributed by atoms with van der Waals surface area (Å²) in [4.78, 5) is 16.1. The van der Waals surface area contributed by atoms with Crippen molar-refractivity contribution < 1.29 is 18.8 Å². The monoisotopic (exact) mass is 303 g/mol. The van der Waals surface area contributed by atoms with Crippen LogP contribution in [0.4, 0.5) is 0 Å². The highest BCUT2D eigenvalue weighted by molar-refractivity contribution is 5.76. The van der Waals surface area contributed by atoms with Crippen molar-refractivity contribution in [2.24, 2.45) is 0 Å². The molecule has 2 aromatic rings. The van der Waals surface area contributed by atoms with Crippen LogP contribution in [0.15, 0.2) is 22.7 Å². The molecule has 1 aliphatic heterocycles. The number of fused-ring (bicyclic) bond motifs is 1. The van der Waals surface area contributed by atoms with Crippen LogP contribution < -0.4 is 14.8 Å². The van der Waals surface area contributed by atoms with Crippen molar-refractivity contribution in [3.63, 3.8) is 0 Å². The van der Waals surface area contributed by atoms with E-state index in [-0.39, 0.29) is 18.7 Å². The van der Waals surface area contributed by atoms with Crippen LogP contribution in [0.25, 0.3) is 0 Å². The van der Waals surface area contributed by atoms with Crippen molar-refractivity contribution >= 4 is 5.91 Å². The minimum absolute atomic E-state index is 0.0685. The lowest BCUT2D eigenvalue weighted by molar-refractivity contribution is -0.121. The number of amides is 1. The summed E-state index contributed by atoms with van der Waals surface area (Å²) in [5.74, 6) is 2.37. The summed E-state index contributed by atoms with van der Waals surface area (Å²) < 4.78 is 15.6. The second kappa shape index (κ2) is 6.05. The molecule has 1 amide bonds. The van der Waals surface area contributed by atoms with Crippen molar-refractivity contribution in [3.05, 3.63) is 35.5 Å². The summed E-state index contributed by atoms with van der Waals surface area (Å²) >= 11 is 0. The smallest absolute Gasteiger partial charge is 0.248 e. The summed E-state index contributed by atoms with van der Waals surface area (Å²) in [6.07, 6.45) is 0.995. The molecule has 1 aliphatic rings. The molecular weight excluding hydrogens is 286 g/mol. The maximum absolute atomic E-state index is 12.0. The summed E-state index contributed by atoms with van der Waals surface area (Å²) in [6.45, 7) is 3.80. The number of ether oxygens (including phenoxy) is 2. The van der Waals surface area contributed by atoms with E-state index in [1.807, 2.05) is 25.1 Å². The van der Waals surface area contributed by atoms with Crippen LogP contribution in [0.2, 0.25) is 0 Å². The van der Waals surface area contributed by atoms with E-state index in [2.05, 4.69) is 15.5 Å². The van der Waals surface area contributed by atoms with Crippen LogP contribution in [0.1, 0.15) is 36.7 Å². The minimum Gasteiger partial charge on any atom is -0.454 e. The van der Waals surface area contributed by atoms with Gasteiger partial charge < -0.3 is 19.3 Å². The van der Waals surface area contributed by atoms with Gasteiger partial charge in [0.2, 0.25) is 18.6 Å². The van der Waals surface area contributed by atoms with Crippen molar-refractivity contribution in [1.82, 2.24) is 15.5 Å². The van der Waals surface area contributed by atoms with Gasteiger partial charge in [0.05, 0.1) is 0 Å². The lowest BCUT2D eigenvalue weighted by atomic mass is 10.1. The lowest BCUT2D eigenvalue weighted by Gasteiger charge is -2.09. The Hall–Kier alpha value is -2.57. The third-order valence-corrected chi connectivity index (χ3v) is 3.37. The van der Waals surface area contributed by atoms with E-state index in [9.17, 15) is 4.79 Å². The minimum atomic E-state index is -0.301. The highest BCUT2D eigenvalue weighted by Crippen LogP contribution is 2.32. The fourth-order valence-electron chi connectivity index (χ4n) is 2.22. The van der Waals surface area contributed by atoms with Gasteiger partial charge in [-0.2, -0.15) is 4.98 Å². The highest BCUT2D eigenvalue weighted by atomic mass is 16.7. The van der Waals surface area contributed by atoms with Crippen LogP contribution in [0.3, 0.4) is 0 Å². The number of hydrogen-bond acceptors (Lipinski definition) is 6. The first-order chi connectivity index (χ1) is 10.6. The molecule has 1 atom stereocenters. The summed E-state index contributed by atoms with van der Waals surface area (Å²) in [7, 11) is 0. The molecule has 0 aliphatic carbocycles. The summed E-state index contributed by atoms with van der Waals surface area (Å²) in [6, 6.07) is 5.40. The molecule has 0 fully saturated rings. The molecule has 0 saturated carbocycles. The summed E-state index contributed by atoms with van der Waals surface area (Å²) in [5.41, 5.74) is 1.03. The zero-order valence-corrected chi connectivity index (χ0v) is 12.5. The topological polar surface area (TPSA) is 86.5 Å². The largest absolute Gasteiger partial charge is 0.454 e. The predicted molar refractivity (Wildman–Crippen MR) is 76.5 cm³/mol. The average Bonchev–Trinajstić information content (AvgIpc) is 3.13. The third kappa shape index (κ3) is 3.19. The van der Waals surface area contributed by atoms with E-state index in [0.29, 0.717) is 24.6 Å². The number of carbonyl (C=O) groups is 1. The molecular formula is C15H17N3O4. The molecule has 0 bridgehead atoms. The van der Waals surface area contributed by atoms with Crippen LogP contribution in [0.5, 0.6) is 11.5 Å². The van der Waals surface area contributed by atoms with Crippen LogP contribution in [0, 0.1) is 6.92 Å². The van der Waals surface area contributed by atoms with Gasteiger partial charge in [-0.15, -0.1) is 0 Å². The molecule has 1 aromatic carbocycles. The van der Waals surface area contributed by atoms with Crippen molar-refractivity contribution in [2.75, 3.05) is 6.79 Å². The number of hydrogen-bond donors (Lipinski definition) is 1. The molecule has 2 heterocycles. The molecule has 22 heavy (non-hydrogen) atoms. The number of nitrogens with one attached hydrogen (secondary N) is 1. The second-order valence-electron chi connectivity index (χ2n) is 5.16. The van der Waals surface area contributed by atoms with Gasteiger partial charge >= 0.3 is 0 Å². The lowest BCUT2D eigenvalue weighted by Crippen LogP contribution is -2.27. The Balaban J connectivity index is 1.52. The fraction of sp³-hybridized carbons (Fsp3) is 0.400. The van der Waals surface area contributed by atoms with Gasteiger partial charge in [-0.25, -0.2) is 0 Å². The van der Waals surface area contributed by atoms with Crippen molar-refractivity contribution in [1.29, 1.82) is 0 Å². The molecule has 116 valence electrons. The second-order valence-corrected chi connectivity index (χ2v) is 5.16. The Kier molecular flexibility index (Phi) is 3.95. The number of aromatic nitrogens is 2. The van der Waals surface area contributed by atoms with E-state index < -0.39 is 0 Å². The molecule has 1 aromatic heterocycles. The number of benzene rings is 1. The van der Waals surface area contributed by atoms with Crippen LogP contribution in [-0.4, -0.2) is 22.8 Å². The van der Waals surface area contributed by atoms with Gasteiger partial charge in [0.25, 0.3) is 0 Å². The first-order valence-electron chi connectivity index (χ1n) is 7.10. The normalized spacial score (nSPS) is 13.9. The first kappa shape index (κ1) is 14.4. The summed E-state index contributed by atoms with van der Waals surface area (Å²) in [5, 5.41) is 6.55. The molecule has 7 nitrogen and oxygen atoms in total. The quantitative estimate of drug-likeness (QED) is 0.908. The fourth-order valence-corrected chi connectivity index (χ4v) is 2.22. The van der Waals surface area contributed by atoms with Gasteiger partial charge in [-0.05, 0) is 38.0 Å². The Morgan fingerprint density at radius 2 is 2.18 bits per heavy atom. The molecule has 0 unspecified atom stereocenters. The number of carbonyl (C=O) groups excluding carboxylic acids is 1. The molecule has 1 N–H and O–H groups in total. The van der Waals surface area contributed by atoms with Gasteiger partial charge in [-0.1, -0.05) is 11.2 Å². The van der Waals surface area contributed by atoms with E-state index in [0.717, 1.165) is 17.1 Å². The van der Waals surface area contributed by atoms with E-state index in [1.165, 1.54) is 0 Å². The third-order valence-electron chi connectivity index (χ3n) is 3.37. The van der Waals surface area contributed by atoms with Crippen LogP contribution in [-0.2, 0) is 11.2 Å². The zero-order chi connectivity index (χ0) is 15.5. The van der Waals surface area contributed by atoms with Crippen LogP contribution >= 0.6 is 0 Å². The van der Waals surface area contributed by atoms with Gasteiger partial charge in [0.15, 0.2) is 17.3 Å². The Bertz CT molecular complexity index is 683. The maximum Gasteiger partial charge on any atom is 0.248 e. The van der Waals surface area contributed by atoms with Crippen molar-refractivity contribution in [2.45, 2.75) is 32.7 Å². The van der Waals surface area contributed by atoms with Gasteiger partial charge in [0, 0.05) is 6.42 Å². The maximum atomic E-state index is 12.0. The molecule has 0 spiro atoms. The van der Waals surface area contributed by atoms with E-state index in [1.54, 1.807) is 6.92 Å². The highest BCUT2D eigenvalue weighted by Gasteiger charge is 2.16. The first-order valence-corrected chi connectivity index (χ1v) is 7.10. The molecule has 3 rings (SSSR count). The van der Waals surface area contributed by atoms with Gasteiger partial charge in [0.1, 0.15) is 6.04 Å². The molecule has 0 radical (unpaired) electrons. The molecule has 0 saturated heterocycles. The Morgan fingerprint density at radius 3 is 2.95 bits per heavy atom. The molecule has 7 heteroatoms. The van der Waals surface area contributed by atoms with Gasteiger partial charge in [-0.3, -0.25) is 4.79 Å². The Morgan fingerprint density at radius 1 is 1.36 bits per heavy atom. The number of nitrogens with zero attached hydrogens (tertiary/aromatic N) is 2. The predicted octanol–water partition coefficient (Wildman–Crippen LogP) is 1.92.